The summed E-state index contributed by atoms with van der Waals surface area (Å²) in [6, 6.07) is 7.01. The second-order valence-electron chi connectivity index (χ2n) is 6.30. The van der Waals surface area contributed by atoms with E-state index in [-0.39, 0.29) is 0 Å². The van der Waals surface area contributed by atoms with E-state index in [2.05, 4.69) is 21.9 Å². The van der Waals surface area contributed by atoms with Crippen LogP contribution in [-0.4, -0.2) is 37.1 Å². The summed E-state index contributed by atoms with van der Waals surface area (Å²) in [6.07, 6.45) is 6.70. The van der Waals surface area contributed by atoms with Crippen LogP contribution in [0.25, 0.3) is 0 Å². The third-order valence-electron chi connectivity index (χ3n) is 4.96. The number of halogens is 1. The van der Waals surface area contributed by atoms with Crippen LogP contribution in [0.15, 0.2) is 18.2 Å². The summed E-state index contributed by atoms with van der Waals surface area (Å²) in [6.45, 7) is 5.38. The van der Waals surface area contributed by atoms with Crippen molar-refractivity contribution in [1.82, 2.24) is 4.90 Å². The molecule has 2 fully saturated rings. The van der Waals surface area contributed by atoms with Gasteiger partial charge in [-0.25, -0.2) is 0 Å². The second kappa shape index (κ2) is 6.99. The lowest BCUT2D eigenvalue weighted by atomic mass is 9.99. The van der Waals surface area contributed by atoms with Gasteiger partial charge in [0.2, 0.25) is 0 Å². The highest BCUT2D eigenvalue weighted by atomic mass is 35.5. The summed E-state index contributed by atoms with van der Waals surface area (Å²) in [7, 11) is 0. The molecule has 0 atom stereocenters. The van der Waals surface area contributed by atoms with Crippen molar-refractivity contribution in [2.45, 2.75) is 44.7 Å². The van der Waals surface area contributed by atoms with E-state index >= 15 is 0 Å². The molecule has 116 valence electrons. The molecule has 0 spiro atoms. The quantitative estimate of drug-likeness (QED) is 0.930. The lowest BCUT2D eigenvalue weighted by Crippen LogP contribution is -2.46. The fourth-order valence-electron chi connectivity index (χ4n) is 3.69. The number of nitrogens with two attached hydrogens (primary N) is 1. The highest BCUT2D eigenvalue weighted by Gasteiger charge is 2.26. The van der Waals surface area contributed by atoms with Crippen LogP contribution in [0, 0.1) is 0 Å². The topological polar surface area (TPSA) is 32.5 Å². The number of hydrogen-bond donors (Lipinski definition) is 1. The number of rotatable bonds is 3. The standard InChI is InChI=1S/C17H26ClN3/c18-16-12-14(13-19)4-5-17(16)21-10-6-15(7-11-21)20-8-2-1-3-9-20/h4-5,12,15H,1-3,6-11,13,19H2. The zero-order valence-electron chi connectivity index (χ0n) is 12.7. The average molecular weight is 308 g/mol. The Morgan fingerprint density at radius 3 is 2.38 bits per heavy atom. The molecule has 21 heavy (non-hydrogen) atoms. The molecule has 0 saturated carbocycles. The van der Waals surface area contributed by atoms with Crippen LogP contribution in [0.3, 0.4) is 0 Å². The summed E-state index contributed by atoms with van der Waals surface area (Å²) >= 11 is 6.42. The summed E-state index contributed by atoms with van der Waals surface area (Å²) in [4.78, 5) is 5.14. The molecule has 3 nitrogen and oxygen atoms in total. The molecule has 2 saturated heterocycles. The van der Waals surface area contributed by atoms with E-state index in [1.54, 1.807) is 0 Å². The van der Waals surface area contributed by atoms with Gasteiger partial charge in [-0.15, -0.1) is 0 Å². The molecule has 0 amide bonds. The summed E-state index contributed by atoms with van der Waals surface area (Å²) in [5, 5.41) is 0.842. The minimum Gasteiger partial charge on any atom is -0.370 e. The molecule has 0 radical (unpaired) electrons. The minimum absolute atomic E-state index is 0.553. The smallest absolute Gasteiger partial charge is 0.0642 e. The molecule has 0 bridgehead atoms. The molecule has 2 N–H and O–H groups in total. The van der Waals surface area contributed by atoms with Crippen molar-refractivity contribution >= 4 is 17.3 Å². The van der Waals surface area contributed by atoms with Crippen molar-refractivity contribution in [3.8, 4) is 0 Å². The largest absolute Gasteiger partial charge is 0.370 e. The van der Waals surface area contributed by atoms with Gasteiger partial charge >= 0.3 is 0 Å². The zero-order chi connectivity index (χ0) is 14.7. The molecule has 1 aromatic carbocycles. The molecule has 4 heteroatoms. The molecular formula is C17H26ClN3. The number of piperidine rings is 2. The third kappa shape index (κ3) is 3.53. The third-order valence-corrected chi connectivity index (χ3v) is 5.26. The number of benzene rings is 1. The average Bonchev–Trinajstić information content (AvgIpc) is 2.56. The van der Waals surface area contributed by atoms with Gasteiger partial charge in [0.25, 0.3) is 0 Å². The molecule has 2 aliphatic heterocycles. The van der Waals surface area contributed by atoms with E-state index in [9.17, 15) is 0 Å². The van der Waals surface area contributed by atoms with Crippen LogP contribution in [0.1, 0.15) is 37.7 Å². The van der Waals surface area contributed by atoms with E-state index < -0.39 is 0 Å². The van der Waals surface area contributed by atoms with Crippen LogP contribution in [0.4, 0.5) is 5.69 Å². The van der Waals surface area contributed by atoms with Gasteiger partial charge in [0.05, 0.1) is 10.7 Å². The Kier molecular flexibility index (Phi) is 5.04. The molecule has 0 aromatic heterocycles. The maximum Gasteiger partial charge on any atom is 0.0642 e. The molecule has 0 unspecified atom stereocenters. The summed E-state index contributed by atoms with van der Waals surface area (Å²) < 4.78 is 0. The second-order valence-corrected chi connectivity index (χ2v) is 6.71. The zero-order valence-corrected chi connectivity index (χ0v) is 13.5. The van der Waals surface area contributed by atoms with Crippen LogP contribution in [-0.2, 0) is 6.54 Å². The Morgan fingerprint density at radius 2 is 1.76 bits per heavy atom. The number of likely N-dealkylation sites (tertiary alicyclic amines) is 1. The maximum atomic E-state index is 6.42. The molecule has 3 rings (SSSR count). The Bertz CT molecular complexity index is 463. The van der Waals surface area contributed by atoms with Gasteiger partial charge in [-0.1, -0.05) is 24.1 Å². The fraction of sp³-hybridized carbons (Fsp3) is 0.647. The molecule has 2 heterocycles. The van der Waals surface area contributed by atoms with E-state index in [1.165, 1.54) is 50.9 Å². The van der Waals surface area contributed by atoms with E-state index in [0.29, 0.717) is 6.54 Å². The Morgan fingerprint density at radius 1 is 1.05 bits per heavy atom. The Hall–Kier alpha value is -0.770. The van der Waals surface area contributed by atoms with Crippen molar-refractivity contribution in [1.29, 1.82) is 0 Å². The maximum absolute atomic E-state index is 6.42. The molecule has 1 aromatic rings. The summed E-state index contributed by atoms with van der Waals surface area (Å²) in [5.74, 6) is 0. The van der Waals surface area contributed by atoms with Crippen molar-refractivity contribution in [2.24, 2.45) is 5.73 Å². The first-order valence-electron chi connectivity index (χ1n) is 8.25. The number of anilines is 1. The Labute approximate surface area is 133 Å². The van der Waals surface area contributed by atoms with Crippen LogP contribution in [0.5, 0.6) is 0 Å². The van der Waals surface area contributed by atoms with Crippen molar-refractivity contribution < 1.29 is 0 Å². The van der Waals surface area contributed by atoms with Gasteiger partial charge < -0.3 is 15.5 Å². The first-order chi connectivity index (χ1) is 10.3. The van der Waals surface area contributed by atoms with Crippen LogP contribution < -0.4 is 10.6 Å². The van der Waals surface area contributed by atoms with Gasteiger partial charge in [0, 0.05) is 25.7 Å². The Balaban J connectivity index is 1.60. The van der Waals surface area contributed by atoms with Gasteiger partial charge in [-0.05, 0) is 56.5 Å². The first-order valence-corrected chi connectivity index (χ1v) is 8.63. The lowest BCUT2D eigenvalue weighted by molar-refractivity contribution is 0.141. The monoisotopic (exact) mass is 307 g/mol. The van der Waals surface area contributed by atoms with Gasteiger partial charge in [0.1, 0.15) is 0 Å². The van der Waals surface area contributed by atoms with E-state index in [1.807, 2.05) is 6.07 Å². The fourth-order valence-corrected chi connectivity index (χ4v) is 4.01. The lowest BCUT2D eigenvalue weighted by Gasteiger charge is -2.41. The SMILES string of the molecule is NCc1ccc(N2CCC(N3CCCCC3)CC2)c(Cl)c1. The van der Waals surface area contributed by atoms with Crippen LogP contribution >= 0.6 is 11.6 Å². The predicted molar refractivity (Wildman–Crippen MR) is 90.0 cm³/mol. The van der Waals surface area contributed by atoms with Crippen molar-refractivity contribution in [2.75, 3.05) is 31.1 Å². The highest BCUT2D eigenvalue weighted by molar-refractivity contribution is 6.33. The number of nitrogens with zero attached hydrogens (tertiary/aromatic N) is 2. The minimum atomic E-state index is 0.553. The normalized spacial score (nSPS) is 21.7. The van der Waals surface area contributed by atoms with Crippen LogP contribution in [0.2, 0.25) is 5.02 Å². The van der Waals surface area contributed by atoms with Gasteiger partial charge in [0.15, 0.2) is 0 Å². The first kappa shape index (κ1) is 15.1. The molecule has 0 aliphatic carbocycles. The van der Waals surface area contributed by atoms with Crippen molar-refractivity contribution in [3.63, 3.8) is 0 Å². The van der Waals surface area contributed by atoms with E-state index in [0.717, 1.165) is 29.7 Å². The van der Waals surface area contributed by atoms with E-state index in [4.69, 9.17) is 17.3 Å². The summed E-state index contributed by atoms with van der Waals surface area (Å²) in [5.41, 5.74) is 7.95. The molecule has 2 aliphatic rings. The number of hydrogen-bond acceptors (Lipinski definition) is 3. The van der Waals surface area contributed by atoms with Crippen molar-refractivity contribution in [3.05, 3.63) is 28.8 Å². The predicted octanol–water partition coefficient (Wildman–Crippen LogP) is 3.25. The van der Waals surface area contributed by atoms with Gasteiger partial charge in [-0.2, -0.15) is 0 Å². The highest BCUT2D eigenvalue weighted by Crippen LogP contribution is 2.30. The van der Waals surface area contributed by atoms with Gasteiger partial charge in [-0.3, -0.25) is 0 Å². The molecular weight excluding hydrogens is 282 g/mol.